The van der Waals surface area contributed by atoms with Gasteiger partial charge in [-0.05, 0) is 56.0 Å². The summed E-state index contributed by atoms with van der Waals surface area (Å²) >= 11 is 0. The second-order valence-corrected chi connectivity index (χ2v) is 9.26. The van der Waals surface area contributed by atoms with E-state index in [0.717, 1.165) is 19.3 Å². The molecule has 2 aliphatic rings. The van der Waals surface area contributed by atoms with Gasteiger partial charge in [0.25, 0.3) is 23.6 Å². The third kappa shape index (κ3) is 4.99. The molecule has 1 fully saturated rings. The van der Waals surface area contributed by atoms with Crippen LogP contribution >= 0.6 is 0 Å². The summed E-state index contributed by atoms with van der Waals surface area (Å²) in [5.74, 6) is -0.706. The zero-order chi connectivity index (χ0) is 24.9. The minimum Gasteiger partial charge on any atom is -0.338 e. The van der Waals surface area contributed by atoms with Crippen molar-refractivity contribution in [3.63, 3.8) is 0 Å². The molecule has 4 rings (SSSR count). The quantitative estimate of drug-likeness (QED) is 0.535. The summed E-state index contributed by atoms with van der Waals surface area (Å²) in [5.41, 5.74) is 1.80. The molecule has 0 saturated carbocycles. The maximum Gasteiger partial charge on any atom is 0.261 e. The van der Waals surface area contributed by atoms with E-state index in [-0.39, 0.29) is 29.7 Å². The van der Waals surface area contributed by atoms with Crippen LogP contribution in [0.1, 0.15) is 87.4 Å². The van der Waals surface area contributed by atoms with Gasteiger partial charge in [-0.3, -0.25) is 24.1 Å². The Kier molecular flexibility index (Phi) is 7.63. The highest BCUT2D eigenvalue weighted by atomic mass is 16.2. The van der Waals surface area contributed by atoms with Crippen molar-refractivity contribution < 1.29 is 19.2 Å². The lowest BCUT2D eigenvalue weighted by molar-refractivity contribution is 0.0518. The lowest BCUT2D eigenvalue weighted by Crippen LogP contribution is -2.49. The van der Waals surface area contributed by atoms with E-state index in [1.165, 1.54) is 4.90 Å². The second kappa shape index (κ2) is 10.8. The molecule has 184 valence electrons. The Bertz CT molecular complexity index is 1110. The van der Waals surface area contributed by atoms with E-state index in [1.807, 2.05) is 54.0 Å². The molecule has 35 heavy (non-hydrogen) atoms. The number of unbranched alkanes of at least 4 members (excludes halogenated alkanes) is 1. The number of hydrogen-bond donors (Lipinski definition) is 0. The van der Waals surface area contributed by atoms with Gasteiger partial charge in [-0.25, -0.2) is 0 Å². The Morgan fingerprint density at radius 2 is 1.57 bits per heavy atom. The molecule has 2 aliphatic heterocycles. The fourth-order valence-corrected chi connectivity index (χ4v) is 4.94. The number of piperidine rings is 1. The van der Waals surface area contributed by atoms with Crippen LogP contribution in [0.3, 0.4) is 0 Å². The number of fused-ring (bicyclic) bond motifs is 1. The van der Waals surface area contributed by atoms with E-state index >= 15 is 0 Å². The summed E-state index contributed by atoms with van der Waals surface area (Å²) in [4.78, 5) is 56.8. The molecule has 0 unspecified atom stereocenters. The topological polar surface area (TPSA) is 78.0 Å². The molecule has 0 N–H and O–H groups in total. The molecule has 0 atom stereocenters. The maximum atomic E-state index is 13.5. The van der Waals surface area contributed by atoms with Crippen molar-refractivity contribution >= 4 is 23.6 Å². The van der Waals surface area contributed by atoms with Crippen molar-refractivity contribution in [2.24, 2.45) is 0 Å². The largest absolute Gasteiger partial charge is 0.338 e. The van der Waals surface area contributed by atoms with E-state index in [2.05, 4.69) is 0 Å². The van der Waals surface area contributed by atoms with Crippen molar-refractivity contribution in [3.8, 4) is 0 Å². The first kappa shape index (κ1) is 24.6. The molecule has 2 aromatic rings. The molecule has 2 aromatic carbocycles. The first-order valence-electron chi connectivity index (χ1n) is 12.6. The third-order valence-electron chi connectivity index (χ3n) is 6.89. The van der Waals surface area contributed by atoms with E-state index in [1.54, 1.807) is 18.2 Å². The van der Waals surface area contributed by atoms with Crippen molar-refractivity contribution in [3.05, 3.63) is 70.8 Å². The van der Waals surface area contributed by atoms with Crippen LogP contribution < -0.4 is 0 Å². The molecular weight excluding hydrogens is 442 g/mol. The van der Waals surface area contributed by atoms with Gasteiger partial charge in [0.2, 0.25) is 0 Å². The summed E-state index contributed by atoms with van der Waals surface area (Å²) < 4.78 is 0. The van der Waals surface area contributed by atoms with Gasteiger partial charge in [-0.15, -0.1) is 0 Å². The van der Waals surface area contributed by atoms with Crippen molar-refractivity contribution in [2.45, 2.75) is 52.0 Å². The lowest BCUT2D eigenvalue weighted by Gasteiger charge is -2.38. The second-order valence-electron chi connectivity index (χ2n) is 9.26. The Morgan fingerprint density at radius 3 is 2.23 bits per heavy atom. The van der Waals surface area contributed by atoms with Gasteiger partial charge in [0.05, 0.1) is 11.1 Å². The fraction of sp³-hybridized carbons (Fsp3) is 0.429. The predicted molar refractivity (Wildman–Crippen MR) is 133 cm³/mol. The van der Waals surface area contributed by atoms with Crippen molar-refractivity contribution in [1.82, 2.24) is 14.7 Å². The van der Waals surface area contributed by atoms with Gasteiger partial charge in [-0.2, -0.15) is 0 Å². The highest BCUT2D eigenvalue weighted by molar-refractivity contribution is 6.22. The lowest BCUT2D eigenvalue weighted by atomic mass is 9.99. The predicted octanol–water partition coefficient (Wildman–Crippen LogP) is 4.24. The Morgan fingerprint density at radius 1 is 0.886 bits per heavy atom. The van der Waals surface area contributed by atoms with Crippen LogP contribution in [0, 0.1) is 0 Å². The van der Waals surface area contributed by atoms with Gasteiger partial charge < -0.3 is 9.80 Å². The highest BCUT2D eigenvalue weighted by Gasteiger charge is 2.36. The fourth-order valence-electron chi connectivity index (χ4n) is 4.94. The summed E-state index contributed by atoms with van der Waals surface area (Å²) in [6, 6.07) is 14.1. The molecule has 1 saturated heterocycles. The minimum absolute atomic E-state index is 0.0202. The van der Waals surface area contributed by atoms with Crippen LogP contribution in [0.2, 0.25) is 0 Å². The third-order valence-corrected chi connectivity index (χ3v) is 6.89. The molecule has 2 heterocycles. The van der Waals surface area contributed by atoms with E-state index in [9.17, 15) is 19.2 Å². The molecule has 4 amide bonds. The number of rotatable bonds is 8. The number of carbonyl (C=O) groups excluding carboxylic acids is 4. The first-order chi connectivity index (χ1) is 17.0. The number of imide groups is 1. The molecule has 0 aliphatic carbocycles. The van der Waals surface area contributed by atoms with Crippen LogP contribution in [0.15, 0.2) is 48.5 Å². The molecular formula is C28H33N3O4. The Hall–Kier alpha value is -3.48. The van der Waals surface area contributed by atoms with Gasteiger partial charge in [0.1, 0.15) is 0 Å². The van der Waals surface area contributed by atoms with Gasteiger partial charge >= 0.3 is 0 Å². The molecule has 7 nitrogen and oxygen atoms in total. The Labute approximate surface area is 206 Å². The van der Waals surface area contributed by atoms with Crippen LogP contribution in [-0.4, -0.2) is 70.5 Å². The molecule has 0 aromatic heterocycles. The van der Waals surface area contributed by atoms with Crippen molar-refractivity contribution in [1.29, 1.82) is 0 Å². The summed E-state index contributed by atoms with van der Waals surface area (Å²) in [7, 11) is 0. The number of likely N-dealkylation sites (tertiary alicyclic amines) is 1. The smallest absolute Gasteiger partial charge is 0.261 e. The van der Waals surface area contributed by atoms with E-state index < -0.39 is 0 Å². The van der Waals surface area contributed by atoms with Gasteiger partial charge in [-0.1, -0.05) is 38.5 Å². The monoisotopic (exact) mass is 475 g/mol. The van der Waals surface area contributed by atoms with Crippen molar-refractivity contribution in [2.75, 3.05) is 26.2 Å². The Balaban J connectivity index is 1.46. The van der Waals surface area contributed by atoms with Crippen LogP contribution in [0.4, 0.5) is 0 Å². The minimum atomic E-state index is -0.317. The first-order valence-corrected chi connectivity index (χ1v) is 12.6. The maximum absolute atomic E-state index is 13.5. The number of carbonyl (C=O) groups is 4. The van der Waals surface area contributed by atoms with Crippen LogP contribution in [0.5, 0.6) is 0 Å². The average molecular weight is 476 g/mol. The number of nitrogens with zero attached hydrogens (tertiary/aromatic N) is 3. The average Bonchev–Trinajstić information content (AvgIpc) is 3.14. The zero-order valence-corrected chi connectivity index (χ0v) is 20.5. The SMILES string of the molecule is CCCCN1C(=O)c2ccc(C(=O)N(CCC)C3CCN(C(=O)c4ccccc4)CC3)cc2C1=O. The van der Waals surface area contributed by atoms with Gasteiger partial charge in [0, 0.05) is 43.3 Å². The van der Waals surface area contributed by atoms with E-state index in [0.29, 0.717) is 61.3 Å². The van der Waals surface area contributed by atoms with E-state index in [4.69, 9.17) is 0 Å². The van der Waals surface area contributed by atoms with Crippen LogP contribution in [-0.2, 0) is 0 Å². The zero-order valence-electron chi connectivity index (χ0n) is 20.5. The number of hydrogen-bond acceptors (Lipinski definition) is 4. The summed E-state index contributed by atoms with van der Waals surface area (Å²) in [6.07, 6.45) is 3.86. The molecule has 0 spiro atoms. The summed E-state index contributed by atoms with van der Waals surface area (Å²) in [5, 5.41) is 0. The summed E-state index contributed by atoms with van der Waals surface area (Å²) in [6.45, 7) is 6.23. The van der Waals surface area contributed by atoms with Crippen LogP contribution in [0.25, 0.3) is 0 Å². The molecule has 0 radical (unpaired) electrons. The van der Waals surface area contributed by atoms with Gasteiger partial charge in [0.15, 0.2) is 0 Å². The highest BCUT2D eigenvalue weighted by Crippen LogP contribution is 2.27. The number of benzene rings is 2. The number of amides is 4. The normalized spacial score (nSPS) is 15.9. The standard InChI is InChI=1S/C28H33N3O4/c1-3-5-16-31-27(34)23-12-11-21(19-24(23)28(31)35)26(33)30(15-4-2)22-13-17-29(18-14-22)25(32)20-9-7-6-8-10-20/h6-12,19,22H,3-5,13-18H2,1-2H3. The molecule has 7 heteroatoms. The molecule has 0 bridgehead atoms.